The molecule has 0 saturated heterocycles. The number of nitrogens with zero attached hydrogens (tertiary/aromatic N) is 1. The minimum atomic E-state index is -0.666. The van der Waals surface area contributed by atoms with Crippen LogP contribution in [0.5, 0.6) is 0 Å². The number of hydrogen-bond acceptors (Lipinski definition) is 7. The number of ether oxygens (including phenoxy) is 1. The first-order valence-corrected chi connectivity index (χ1v) is 10.2. The van der Waals surface area contributed by atoms with E-state index in [0.717, 1.165) is 37.4 Å². The van der Waals surface area contributed by atoms with Gasteiger partial charge in [-0.25, -0.2) is 9.78 Å². The van der Waals surface area contributed by atoms with E-state index in [2.05, 4.69) is 22.5 Å². The van der Waals surface area contributed by atoms with Crippen LogP contribution in [0.25, 0.3) is 11.1 Å². The summed E-state index contributed by atoms with van der Waals surface area (Å²) < 4.78 is 10.4. The molecule has 2 N–H and O–H groups in total. The molecule has 0 bridgehead atoms. The van der Waals surface area contributed by atoms with E-state index in [4.69, 9.17) is 9.15 Å². The molecule has 1 fully saturated rings. The van der Waals surface area contributed by atoms with E-state index in [1.54, 1.807) is 6.07 Å². The van der Waals surface area contributed by atoms with Crippen LogP contribution in [-0.2, 0) is 14.3 Å². The number of urea groups is 1. The van der Waals surface area contributed by atoms with Gasteiger partial charge in [-0.1, -0.05) is 43.7 Å². The highest BCUT2D eigenvalue weighted by Crippen LogP contribution is 2.24. The Labute approximate surface area is 166 Å². The second-order valence-electron chi connectivity index (χ2n) is 6.79. The van der Waals surface area contributed by atoms with Gasteiger partial charge in [0.05, 0.1) is 0 Å². The maximum absolute atomic E-state index is 11.9. The molecule has 0 spiro atoms. The van der Waals surface area contributed by atoms with Crippen molar-refractivity contribution in [1.82, 2.24) is 15.6 Å². The lowest BCUT2D eigenvalue weighted by Crippen LogP contribution is -2.48. The van der Waals surface area contributed by atoms with E-state index >= 15 is 0 Å². The Bertz CT molecular complexity index is 820. The molecular formula is C19H23N3O5S. The first-order chi connectivity index (χ1) is 13.5. The Morgan fingerprint density at radius 1 is 1.25 bits per heavy atom. The van der Waals surface area contributed by atoms with E-state index in [0.29, 0.717) is 22.2 Å². The summed E-state index contributed by atoms with van der Waals surface area (Å²) in [6, 6.07) is 6.79. The summed E-state index contributed by atoms with van der Waals surface area (Å²) in [6.07, 6.45) is 4.20. The molecule has 2 atom stereocenters. The Balaban J connectivity index is 1.35. The van der Waals surface area contributed by atoms with Crippen molar-refractivity contribution >= 4 is 40.8 Å². The lowest BCUT2D eigenvalue weighted by molar-refractivity contribution is -0.145. The third-order valence-corrected chi connectivity index (χ3v) is 5.43. The van der Waals surface area contributed by atoms with Crippen molar-refractivity contribution in [2.45, 2.75) is 43.9 Å². The number of amides is 3. The molecule has 2 aromatic rings. The minimum absolute atomic E-state index is 0.0497. The van der Waals surface area contributed by atoms with Gasteiger partial charge >= 0.3 is 12.0 Å². The molecule has 1 aliphatic carbocycles. The maximum Gasteiger partial charge on any atom is 0.321 e. The molecule has 1 saturated carbocycles. The average molecular weight is 405 g/mol. The standard InChI is InChI=1S/C19H23N3O5S/c1-12-6-2-3-7-13(12)20-18(25)22-16(23)10-26-17(24)11-28-19-21-14-8-4-5-9-15(14)27-19/h4-5,8-9,12-13H,2-3,6-7,10-11H2,1H3,(H2,20,22,23,25)/t12-,13+/m1/s1. The fraction of sp³-hybridized carbons (Fsp3) is 0.474. The van der Waals surface area contributed by atoms with Gasteiger partial charge in [-0.05, 0) is 30.9 Å². The third kappa shape index (κ3) is 5.72. The monoisotopic (exact) mass is 405 g/mol. The van der Waals surface area contributed by atoms with Gasteiger partial charge in [0, 0.05) is 6.04 Å². The van der Waals surface area contributed by atoms with Crippen LogP contribution in [-0.4, -0.2) is 41.3 Å². The van der Waals surface area contributed by atoms with E-state index < -0.39 is 24.5 Å². The van der Waals surface area contributed by atoms with E-state index in [-0.39, 0.29) is 11.8 Å². The number of hydrogen-bond donors (Lipinski definition) is 2. The molecule has 8 nitrogen and oxygen atoms in total. The Hall–Kier alpha value is -2.55. The molecule has 0 unspecified atom stereocenters. The van der Waals surface area contributed by atoms with Crippen molar-refractivity contribution in [3.05, 3.63) is 24.3 Å². The van der Waals surface area contributed by atoms with Crippen LogP contribution in [0.2, 0.25) is 0 Å². The first-order valence-electron chi connectivity index (χ1n) is 9.25. The highest BCUT2D eigenvalue weighted by atomic mass is 32.2. The number of carbonyl (C=O) groups excluding carboxylic acids is 3. The molecule has 3 amide bonds. The van der Waals surface area contributed by atoms with Crippen LogP contribution in [0.1, 0.15) is 32.6 Å². The van der Waals surface area contributed by atoms with Gasteiger partial charge < -0.3 is 14.5 Å². The summed E-state index contributed by atoms with van der Waals surface area (Å²) in [4.78, 5) is 39.7. The summed E-state index contributed by atoms with van der Waals surface area (Å²) >= 11 is 1.08. The van der Waals surface area contributed by atoms with Crippen LogP contribution < -0.4 is 10.6 Å². The third-order valence-electron chi connectivity index (χ3n) is 4.63. The summed E-state index contributed by atoms with van der Waals surface area (Å²) in [5.41, 5.74) is 1.34. The number of para-hydroxylation sites is 2. The number of fused-ring (bicyclic) bond motifs is 1. The summed E-state index contributed by atoms with van der Waals surface area (Å²) in [7, 11) is 0. The molecule has 1 aliphatic rings. The largest absolute Gasteiger partial charge is 0.455 e. The minimum Gasteiger partial charge on any atom is -0.455 e. The van der Waals surface area contributed by atoms with Gasteiger partial charge in [0.2, 0.25) is 0 Å². The number of oxazole rings is 1. The van der Waals surface area contributed by atoms with Crippen LogP contribution in [0.3, 0.4) is 0 Å². The summed E-state index contributed by atoms with van der Waals surface area (Å²) in [5, 5.41) is 5.35. The van der Waals surface area contributed by atoms with Crippen molar-refractivity contribution in [3.63, 3.8) is 0 Å². The number of rotatable bonds is 6. The van der Waals surface area contributed by atoms with Gasteiger partial charge in [0.15, 0.2) is 12.2 Å². The molecular weight excluding hydrogens is 382 g/mol. The Morgan fingerprint density at radius 3 is 2.82 bits per heavy atom. The predicted octanol–water partition coefficient (Wildman–Crippen LogP) is 2.87. The molecule has 0 radical (unpaired) electrons. The second kappa shape index (κ2) is 9.59. The number of esters is 1. The number of imide groups is 1. The van der Waals surface area contributed by atoms with Crippen LogP contribution >= 0.6 is 11.8 Å². The normalized spacial score (nSPS) is 19.2. The topological polar surface area (TPSA) is 111 Å². The van der Waals surface area contributed by atoms with Gasteiger partial charge in [-0.15, -0.1) is 0 Å². The fourth-order valence-electron chi connectivity index (χ4n) is 3.12. The molecule has 28 heavy (non-hydrogen) atoms. The maximum atomic E-state index is 11.9. The number of thioether (sulfide) groups is 1. The van der Waals surface area contributed by atoms with Crippen molar-refractivity contribution < 1.29 is 23.5 Å². The van der Waals surface area contributed by atoms with Crippen molar-refractivity contribution in [3.8, 4) is 0 Å². The lowest BCUT2D eigenvalue weighted by atomic mass is 9.86. The van der Waals surface area contributed by atoms with Crippen LogP contribution in [0.4, 0.5) is 4.79 Å². The molecule has 150 valence electrons. The quantitative estimate of drug-likeness (QED) is 0.561. The van der Waals surface area contributed by atoms with Crippen molar-refractivity contribution in [2.24, 2.45) is 5.92 Å². The van der Waals surface area contributed by atoms with Gasteiger partial charge in [0.1, 0.15) is 11.3 Å². The van der Waals surface area contributed by atoms with E-state index in [1.165, 1.54) is 0 Å². The lowest BCUT2D eigenvalue weighted by Gasteiger charge is -2.29. The highest BCUT2D eigenvalue weighted by molar-refractivity contribution is 7.99. The van der Waals surface area contributed by atoms with Gasteiger partial charge in [-0.3, -0.25) is 14.9 Å². The molecule has 1 aromatic carbocycles. The zero-order chi connectivity index (χ0) is 19.9. The van der Waals surface area contributed by atoms with Crippen molar-refractivity contribution in [1.29, 1.82) is 0 Å². The molecule has 9 heteroatoms. The number of aromatic nitrogens is 1. The first kappa shape index (κ1) is 20.2. The number of carbonyl (C=O) groups is 3. The number of benzene rings is 1. The average Bonchev–Trinajstić information content (AvgIpc) is 3.09. The predicted molar refractivity (Wildman–Crippen MR) is 104 cm³/mol. The molecule has 0 aliphatic heterocycles. The second-order valence-corrected chi connectivity index (χ2v) is 7.71. The zero-order valence-corrected chi connectivity index (χ0v) is 16.4. The molecule has 3 rings (SSSR count). The van der Waals surface area contributed by atoms with E-state index in [1.807, 2.05) is 18.2 Å². The number of nitrogens with one attached hydrogen (secondary N) is 2. The SMILES string of the molecule is C[C@@H]1CCCC[C@@H]1NC(=O)NC(=O)COC(=O)CSc1nc2ccccc2o1. The van der Waals surface area contributed by atoms with Gasteiger partial charge in [-0.2, -0.15) is 0 Å². The van der Waals surface area contributed by atoms with Crippen LogP contribution in [0.15, 0.2) is 33.9 Å². The Kier molecular flexibility index (Phi) is 6.91. The molecule has 1 aromatic heterocycles. The molecule has 1 heterocycles. The summed E-state index contributed by atoms with van der Waals surface area (Å²) in [6.45, 7) is 1.57. The van der Waals surface area contributed by atoms with Crippen LogP contribution in [0, 0.1) is 5.92 Å². The van der Waals surface area contributed by atoms with Crippen molar-refractivity contribution in [2.75, 3.05) is 12.4 Å². The van der Waals surface area contributed by atoms with E-state index in [9.17, 15) is 14.4 Å². The highest BCUT2D eigenvalue weighted by Gasteiger charge is 2.23. The fourth-order valence-corrected chi connectivity index (χ4v) is 3.76. The van der Waals surface area contributed by atoms with Gasteiger partial charge in [0.25, 0.3) is 11.1 Å². The zero-order valence-electron chi connectivity index (χ0n) is 15.6. The Morgan fingerprint density at radius 2 is 2.04 bits per heavy atom. The smallest absolute Gasteiger partial charge is 0.321 e. The summed E-state index contributed by atoms with van der Waals surface area (Å²) in [5.74, 6) is -0.924.